The molecule has 1 aromatic carbocycles. The Morgan fingerprint density at radius 2 is 1.95 bits per heavy atom. The summed E-state index contributed by atoms with van der Waals surface area (Å²) in [6, 6.07) is 9.25. The zero-order chi connectivity index (χ0) is 14.3. The number of ether oxygens (including phenoxy) is 1. The Balaban J connectivity index is 2.90. The fraction of sp³-hybridized carbons (Fsp3) is 0.467. The Labute approximate surface area is 113 Å². The molecule has 0 saturated carbocycles. The van der Waals surface area contributed by atoms with Gasteiger partial charge in [0.15, 0.2) is 0 Å². The maximum Gasteiger partial charge on any atom is 0.233 e. The highest BCUT2D eigenvalue weighted by Crippen LogP contribution is 2.22. The van der Waals surface area contributed by atoms with E-state index in [1.54, 1.807) is 6.92 Å². The minimum Gasteiger partial charge on any atom is -0.350 e. The van der Waals surface area contributed by atoms with Crippen molar-refractivity contribution in [1.29, 1.82) is 0 Å². The number of nitro groups is 1. The molecule has 4 heteroatoms. The van der Waals surface area contributed by atoms with Crippen LogP contribution in [0.2, 0.25) is 0 Å². The van der Waals surface area contributed by atoms with Crippen LogP contribution in [0, 0.1) is 27.9 Å². The molecule has 0 saturated heterocycles. The van der Waals surface area contributed by atoms with Crippen molar-refractivity contribution >= 4 is 0 Å². The largest absolute Gasteiger partial charge is 0.350 e. The molecule has 1 aromatic rings. The molecule has 2 atom stereocenters. The predicted octanol–water partition coefficient (Wildman–Crippen LogP) is 3.07. The van der Waals surface area contributed by atoms with Gasteiger partial charge < -0.3 is 4.74 Å². The average molecular weight is 261 g/mol. The average Bonchev–Trinajstić information content (AvgIpc) is 2.37. The van der Waals surface area contributed by atoms with Gasteiger partial charge in [0.1, 0.15) is 12.2 Å². The van der Waals surface area contributed by atoms with Gasteiger partial charge >= 0.3 is 0 Å². The van der Waals surface area contributed by atoms with E-state index in [0.29, 0.717) is 0 Å². The van der Waals surface area contributed by atoms with Crippen LogP contribution < -0.4 is 0 Å². The van der Waals surface area contributed by atoms with Gasteiger partial charge in [0.25, 0.3) is 0 Å². The van der Waals surface area contributed by atoms with Gasteiger partial charge in [-0.3, -0.25) is 10.1 Å². The van der Waals surface area contributed by atoms with Crippen LogP contribution in [0.4, 0.5) is 0 Å². The van der Waals surface area contributed by atoms with Crippen LogP contribution in [0.5, 0.6) is 0 Å². The molecule has 102 valence electrons. The first-order valence-electron chi connectivity index (χ1n) is 6.29. The lowest BCUT2D eigenvalue weighted by Crippen LogP contribution is -2.25. The van der Waals surface area contributed by atoms with Crippen molar-refractivity contribution < 1.29 is 9.66 Å². The first-order valence-corrected chi connectivity index (χ1v) is 6.29. The molecule has 1 rings (SSSR count). The second-order valence-electron chi connectivity index (χ2n) is 4.61. The quantitative estimate of drug-likeness (QED) is 0.449. The highest BCUT2D eigenvalue weighted by molar-refractivity contribution is 5.18. The molecular weight excluding hydrogens is 242 g/mol. The summed E-state index contributed by atoms with van der Waals surface area (Å²) in [7, 11) is 0. The van der Waals surface area contributed by atoms with Crippen molar-refractivity contribution in [1.82, 2.24) is 0 Å². The van der Waals surface area contributed by atoms with Gasteiger partial charge in [-0.25, -0.2) is 0 Å². The highest BCUT2D eigenvalue weighted by Gasteiger charge is 2.23. The van der Waals surface area contributed by atoms with Crippen LogP contribution in [-0.4, -0.2) is 17.6 Å². The molecule has 0 aliphatic heterocycles. The summed E-state index contributed by atoms with van der Waals surface area (Å²) in [5, 5.41) is 10.8. The molecule has 0 fully saturated rings. The summed E-state index contributed by atoms with van der Waals surface area (Å²) < 4.78 is 5.83. The lowest BCUT2D eigenvalue weighted by molar-refractivity contribution is -0.493. The Morgan fingerprint density at radius 3 is 2.42 bits per heavy atom. The van der Waals surface area contributed by atoms with Crippen LogP contribution >= 0.6 is 0 Å². The molecule has 2 unspecified atom stereocenters. The van der Waals surface area contributed by atoms with E-state index in [-0.39, 0.29) is 23.5 Å². The Morgan fingerprint density at radius 1 is 1.32 bits per heavy atom. The zero-order valence-corrected chi connectivity index (χ0v) is 11.5. The van der Waals surface area contributed by atoms with E-state index in [1.165, 1.54) is 0 Å². The standard InChI is InChI=1S/C15H19NO3/c1-4-8-14(12(2)3)19-15(11-16(17)18)13-9-6-5-7-10-13/h5-7,9-10,12,14-15H,11H2,1-3H3. The second kappa shape index (κ2) is 7.55. The molecule has 0 N–H and O–H groups in total. The van der Waals surface area contributed by atoms with Gasteiger partial charge in [0, 0.05) is 4.92 Å². The number of hydrogen-bond donors (Lipinski definition) is 0. The monoisotopic (exact) mass is 261 g/mol. The minimum absolute atomic E-state index is 0.186. The molecule has 0 heterocycles. The smallest absolute Gasteiger partial charge is 0.233 e. The van der Waals surface area contributed by atoms with E-state index >= 15 is 0 Å². The Hall–Kier alpha value is -1.86. The highest BCUT2D eigenvalue weighted by atomic mass is 16.6. The third kappa shape index (κ3) is 5.11. The van der Waals surface area contributed by atoms with E-state index in [1.807, 2.05) is 44.2 Å². The molecule has 4 nitrogen and oxygen atoms in total. The van der Waals surface area contributed by atoms with Crippen molar-refractivity contribution in [2.24, 2.45) is 5.92 Å². The Kier molecular flexibility index (Phi) is 6.04. The lowest BCUT2D eigenvalue weighted by Gasteiger charge is -2.22. The van der Waals surface area contributed by atoms with Crippen LogP contribution in [0.1, 0.15) is 32.4 Å². The fourth-order valence-corrected chi connectivity index (χ4v) is 1.71. The van der Waals surface area contributed by atoms with E-state index in [0.717, 1.165) is 5.56 Å². The van der Waals surface area contributed by atoms with Gasteiger partial charge in [-0.1, -0.05) is 50.1 Å². The molecule has 0 aliphatic rings. The molecule has 0 bridgehead atoms. The van der Waals surface area contributed by atoms with Crippen molar-refractivity contribution in [3.63, 3.8) is 0 Å². The molecule has 0 amide bonds. The van der Waals surface area contributed by atoms with E-state index < -0.39 is 6.10 Å². The molecular formula is C15H19NO3. The van der Waals surface area contributed by atoms with Crippen LogP contribution in [0.3, 0.4) is 0 Å². The summed E-state index contributed by atoms with van der Waals surface area (Å²) in [5.74, 6) is 5.96. The summed E-state index contributed by atoms with van der Waals surface area (Å²) >= 11 is 0. The first-order chi connectivity index (χ1) is 9.04. The van der Waals surface area contributed by atoms with Gasteiger partial charge in [-0.05, 0) is 18.4 Å². The van der Waals surface area contributed by atoms with Gasteiger partial charge in [0.2, 0.25) is 6.54 Å². The van der Waals surface area contributed by atoms with Crippen LogP contribution in [0.15, 0.2) is 30.3 Å². The third-order valence-electron chi connectivity index (χ3n) is 2.69. The normalized spacial score (nSPS) is 13.5. The first kappa shape index (κ1) is 15.2. The summed E-state index contributed by atoms with van der Waals surface area (Å²) in [6.07, 6.45) is -0.861. The predicted molar refractivity (Wildman–Crippen MR) is 74.2 cm³/mol. The number of hydrogen-bond acceptors (Lipinski definition) is 3. The number of nitrogens with zero attached hydrogens (tertiary/aromatic N) is 1. The second-order valence-corrected chi connectivity index (χ2v) is 4.61. The molecule has 0 aliphatic carbocycles. The topological polar surface area (TPSA) is 52.4 Å². The minimum atomic E-state index is -0.565. The molecule has 0 radical (unpaired) electrons. The number of benzene rings is 1. The van der Waals surface area contributed by atoms with E-state index in [2.05, 4.69) is 11.8 Å². The van der Waals surface area contributed by atoms with Crippen molar-refractivity contribution in [3.05, 3.63) is 46.0 Å². The summed E-state index contributed by atoms with van der Waals surface area (Å²) in [6.45, 7) is 5.47. The van der Waals surface area contributed by atoms with Gasteiger partial charge in [-0.15, -0.1) is 5.92 Å². The maximum atomic E-state index is 10.8. The third-order valence-corrected chi connectivity index (χ3v) is 2.69. The van der Waals surface area contributed by atoms with Crippen LogP contribution in [-0.2, 0) is 4.74 Å². The Bertz CT molecular complexity index is 459. The van der Waals surface area contributed by atoms with E-state index in [4.69, 9.17) is 4.74 Å². The van der Waals surface area contributed by atoms with E-state index in [9.17, 15) is 10.1 Å². The molecule has 0 spiro atoms. The van der Waals surface area contributed by atoms with Gasteiger partial charge in [-0.2, -0.15) is 0 Å². The molecule has 19 heavy (non-hydrogen) atoms. The zero-order valence-electron chi connectivity index (χ0n) is 11.5. The summed E-state index contributed by atoms with van der Waals surface area (Å²) in [4.78, 5) is 10.4. The van der Waals surface area contributed by atoms with Gasteiger partial charge in [0.05, 0.1) is 0 Å². The lowest BCUT2D eigenvalue weighted by atomic mass is 10.1. The van der Waals surface area contributed by atoms with Crippen LogP contribution in [0.25, 0.3) is 0 Å². The SMILES string of the molecule is CC#CC(OC(C[N+](=O)[O-])c1ccccc1)C(C)C. The molecule has 0 aromatic heterocycles. The van der Waals surface area contributed by atoms with Crippen molar-refractivity contribution in [2.45, 2.75) is 33.0 Å². The van der Waals surface area contributed by atoms with Crippen molar-refractivity contribution in [2.75, 3.05) is 6.54 Å². The fourth-order valence-electron chi connectivity index (χ4n) is 1.71. The maximum absolute atomic E-state index is 10.8. The van der Waals surface area contributed by atoms with Crippen molar-refractivity contribution in [3.8, 4) is 11.8 Å². The number of rotatable bonds is 6. The summed E-state index contributed by atoms with van der Waals surface area (Å²) in [5.41, 5.74) is 0.808.